The maximum atomic E-state index is 7.44. The molecule has 2 saturated heterocycles. The highest BCUT2D eigenvalue weighted by Gasteiger charge is 2.31. The first kappa shape index (κ1) is 12.8. The number of piperazine rings is 1. The van der Waals surface area contributed by atoms with Crippen molar-refractivity contribution in [2.24, 2.45) is 5.73 Å². The predicted octanol–water partition coefficient (Wildman–Crippen LogP) is 1.91. The topological polar surface area (TPSA) is 56.4 Å². The minimum absolute atomic E-state index is 0.0639. The second kappa shape index (κ2) is 5.02. The van der Waals surface area contributed by atoms with E-state index in [2.05, 4.69) is 9.80 Å². The summed E-state index contributed by atoms with van der Waals surface area (Å²) in [5.41, 5.74) is 7.24. The van der Waals surface area contributed by atoms with E-state index in [-0.39, 0.29) is 5.84 Å². The van der Waals surface area contributed by atoms with Crippen LogP contribution in [0.15, 0.2) is 18.2 Å². The van der Waals surface area contributed by atoms with Crippen LogP contribution in [0.4, 0.5) is 5.69 Å². The number of anilines is 1. The largest absolute Gasteiger partial charge is 0.384 e. The first-order chi connectivity index (χ1) is 9.15. The SMILES string of the molecule is N=C(N)c1ccc(N2CCN3CCCC3C2)c(Cl)c1. The fourth-order valence-corrected chi connectivity index (χ4v) is 3.44. The van der Waals surface area contributed by atoms with Gasteiger partial charge in [-0.05, 0) is 37.6 Å². The van der Waals surface area contributed by atoms with Crippen LogP contribution in [0.2, 0.25) is 5.02 Å². The van der Waals surface area contributed by atoms with E-state index in [4.69, 9.17) is 22.7 Å². The van der Waals surface area contributed by atoms with Crippen molar-refractivity contribution in [3.63, 3.8) is 0 Å². The van der Waals surface area contributed by atoms with Gasteiger partial charge < -0.3 is 10.6 Å². The summed E-state index contributed by atoms with van der Waals surface area (Å²) in [6.45, 7) is 4.44. The molecule has 0 aliphatic carbocycles. The Morgan fingerprint density at radius 1 is 1.32 bits per heavy atom. The van der Waals surface area contributed by atoms with E-state index in [0.29, 0.717) is 16.6 Å². The molecule has 1 atom stereocenters. The number of amidine groups is 1. The number of benzene rings is 1. The Hall–Kier alpha value is -1.26. The van der Waals surface area contributed by atoms with Gasteiger partial charge in [0.05, 0.1) is 10.7 Å². The van der Waals surface area contributed by atoms with Crippen LogP contribution in [0, 0.1) is 5.41 Å². The molecule has 0 radical (unpaired) electrons. The number of hydrogen-bond acceptors (Lipinski definition) is 3. The van der Waals surface area contributed by atoms with E-state index in [9.17, 15) is 0 Å². The summed E-state index contributed by atoms with van der Waals surface area (Å²) in [5, 5.41) is 8.14. The lowest BCUT2D eigenvalue weighted by molar-refractivity contribution is 0.231. The normalized spacial score (nSPS) is 23.4. The number of fused-ring (bicyclic) bond motifs is 1. The summed E-state index contributed by atoms with van der Waals surface area (Å²) in [5.74, 6) is 0.0639. The van der Waals surface area contributed by atoms with Gasteiger partial charge in [-0.1, -0.05) is 11.6 Å². The fraction of sp³-hybridized carbons (Fsp3) is 0.500. The molecule has 0 saturated carbocycles. The number of nitrogens with one attached hydrogen (secondary N) is 1. The summed E-state index contributed by atoms with van der Waals surface area (Å²) in [4.78, 5) is 4.94. The number of halogens is 1. The third kappa shape index (κ3) is 2.42. The number of hydrogen-bond donors (Lipinski definition) is 2. The number of nitrogens with two attached hydrogens (primary N) is 1. The van der Waals surface area contributed by atoms with E-state index in [0.717, 1.165) is 25.3 Å². The van der Waals surface area contributed by atoms with Crippen molar-refractivity contribution in [3.05, 3.63) is 28.8 Å². The van der Waals surface area contributed by atoms with Gasteiger partial charge in [0.2, 0.25) is 0 Å². The molecule has 1 aromatic rings. The Bertz CT molecular complexity index is 502. The van der Waals surface area contributed by atoms with E-state index in [1.807, 2.05) is 12.1 Å². The molecule has 2 fully saturated rings. The highest BCUT2D eigenvalue weighted by atomic mass is 35.5. The van der Waals surface area contributed by atoms with Gasteiger partial charge in [-0.15, -0.1) is 0 Å². The standard InChI is InChI=1S/C14H19ClN4/c15-12-8-10(14(16)17)3-4-13(12)19-7-6-18-5-1-2-11(18)9-19/h3-4,8,11H,1-2,5-7,9H2,(H3,16,17). The molecule has 19 heavy (non-hydrogen) atoms. The van der Waals surface area contributed by atoms with Gasteiger partial charge in [-0.25, -0.2) is 0 Å². The minimum atomic E-state index is 0.0639. The average Bonchev–Trinajstić information content (AvgIpc) is 2.85. The van der Waals surface area contributed by atoms with Crippen LogP contribution in [0.1, 0.15) is 18.4 Å². The molecule has 2 aliphatic heterocycles. The second-order valence-electron chi connectivity index (χ2n) is 5.36. The predicted molar refractivity (Wildman–Crippen MR) is 79.3 cm³/mol. The Labute approximate surface area is 118 Å². The summed E-state index contributed by atoms with van der Waals surface area (Å²) in [6, 6.07) is 6.34. The fourth-order valence-electron chi connectivity index (χ4n) is 3.14. The Balaban J connectivity index is 1.80. The minimum Gasteiger partial charge on any atom is -0.384 e. The Morgan fingerprint density at radius 2 is 2.16 bits per heavy atom. The number of nitrogens with zero attached hydrogens (tertiary/aromatic N) is 2. The zero-order valence-electron chi connectivity index (χ0n) is 10.9. The van der Waals surface area contributed by atoms with Crippen LogP contribution >= 0.6 is 11.6 Å². The molecule has 5 heteroatoms. The van der Waals surface area contributed by atoms with Crippen molar-refractivity contribution in [2.75, 3.05) is 31.1 Å². The molecule has 102 valence electrons. The maximum absolute atomic E-state index is 7.44. The van der Waals surface area contributed by atoms with Crippen LogP contribution < -0.4 is 10.6 Å². The molecule has 0 amide bonds. The van der Waals surface area contributed by atoms with Gasteiger partial charge in [0.25, 0.3) is 0 Å². The molecular weight excluding hydrogens is 260 g/mol. The number of nitrogen functional groups attached to an aromatic ring is 1. The van der Waals surface area contributed by atoms with Gasteiger partial charge in [-0.3, -0.25) is 10.3 Å². The smallest absolute Gasteiger partial charge is 0.122 e. The third-order valence-electron chi connectivity index (χ3n) is 4.19. The van der Waals surface area contributed by atoms with Crippen molar-refractivity contribution in [3.8, 4) is 0 Å². The highest BCUT2D eigenvalue weighted by molar-refractivity contribution is 6.33. The lowest BCUT2D eigenvalue weighted by atomic mass is 10.1. The van der Waals surface area contributed by atoms with Crippen LogP contribution in [0.5, 0.6) is 0 Å². The molecule has 0 spiro atoms. The second-order valence-corrected chi connectivity index (χ2v) is 5.77. The molecule has 1 aromatic carbocycles. The average molecular weight is 279 g/mol. The molecule has 4 nitrogen and oxygen atoms in total. The molecule has 3 N–H and O–H groups in total. The Morgan fingerprint density at radius 3 is 2.89 bits per heavy atom. The van der Waals surface area contributed by atoms with Gasteiger partial charge in [0.15, 0.2) is 0 Å². The van der Waals surface area contributed by atoms with Crippen LogP contribution in [0.3, 0.4) is 0 Å². The summed E-state index contributed by atoms with van der Waals surface area (Å²) >= 11 is 6.34. The first-order valence-corrected chi connectivity index (χ1v) is 7.16. The third-order valence-corrected chi connectivity index (χ3v) is 4.49. The molecule has 1 unspecified atom stereocenters. The molecule has 2 aliphatic rings. The van der Waals surface area contributed by atoms with Crippen molar-refractivity contribution in [1.29, 1.82) is 5.41 Å². The zero-order valence-corrected chi connectivity index (χ0v) is 11.7. The van der Waals surface area contributed by atoms with Crippen molar-refractivity contribution >= 4 is 23.1 Å². The van der Waals surface area contributed by atoms with Crippen molar-refractivity contribution < 1.29 is 0 Å². The summed E-state index contributed by atoms with van der Waals surface area (Å²) in [7, 11) is 0. The monoisotopic (exact) mass is 278 g/mol. The zero-order chi connectivity index (χ0) is 13.4. The molecule has 0 aromatic heterocycles. The van der Waals surface area contributed by atoms with Gasteiger partial charge in [0, 0.05) is 31.2 Å². The van der Waals surface area contributed by atoms with E-state index in [1.54, 1.807) is 6.07 Å². The molecular formula is C14H19ClN4. The summed E-state index contributed by atoms with van der Waals surface area (Å²) < 4.78 is 0. The summed E-state index contributed by atoms with van der Waals surface area (Å²) in [6.07, 6.45) is 2.61. The lowest BCUT2D eigenvalue weighted by Gasteiger charge is -2.39. The quantitative estimate of drug-likeness (QED) is 0.642. The van der Waals surface area contributed by atoms with Gasteiger partial charge in [-0.2, -0.15) is 0 Å². The van der Waals surface area contributed by atoms with Gasteiger partial charge in [0.1, 0.15) is 5.84 Å². The molecule has 3 rings (SSSR count). The van der Waals surface area contributed by atoms with E-state index in [1.165, 1.54) is 19.4 Å². The Kier molecular flexibility index (Phi) is 3.37. The lowest BCUT2D eigenvalue weighted by Crippen LogP contribution is -2.50. The van der Waals surface area contributed by atoms with Crippen LogP contribution in [0.25, 0.3) is 0 Å². The highest BCUT2D eigenvalue weighted by Crippen LogP contribution is 2.31. The van der Waals surface area contributed by atoms with E-state index >= 15 is 0 Å². The van der Waals surface area contributed by atoms with E-state index < -0.39 is 0 Å². The molecule has 2 heterocycles. The maximum Gasteiger partial charge on any atom is 0.122 e. The van der Waals surface area contributed by atoms with Gasteiger partial charge >= 0.3 is 0 Å². The van der Waals surface area contributed by atoms with Crippen LogP contribution in [-0.2, 0) is 0 Å². The van der Waals surface area contributed by atoms with Crippen LogP contribution in [-0.4, -0.2) is 43.0 Å². The first-order valence-electron chi connectivity index (χ1n) is 6.78. The van der Waals surface area contributed by atoms with Crippen molar-refractivity contribution in [2.45, 2.75) is 18.9 Å². The number of rotatable bonds is 2. The van der Waals surface area contributed by atoms with Crippen molar-refractivity contribution in [1.82, 2.24) is 4.90 Å². The molecule has 0 bridgehead atoms.